The van der Waals surface area contributed by atoms with Gasteiger partial charge in [0.2, 0.25) is 0 Å². The maximum Gasteiger partial charge on any atom is 0.0825 e. The number of rotatable bonds is 3. The van der Waals surface area contributed by atoms with E-state index in [9.17, 15) is 0 Å². The van der Waals surface area contributed by atoms with Crippen LogP contribution in [0.2, 0.25) is 0 Å². The summed E-state index contributed by atoms with van der Waals surface area (Å²) in [6.07, 6.45) is 5.52. The molecule has 1 N–H and O–H groups in total. The number of hydrogen-bond acceptors (Lipinski definition) is 1. The minimum atomic E-state index is 0. The van der Waals surface area contributed by atoms with Gasteiger partial charge in [0.15, 0.2) is 0 Å². The van der Waals surface area contributed by atoms with Crippen LogP contribution in [-0.4, -0.2) is 36.6 Å². The van der Waals surface area contributed by atoms with E-state index in [0.29, 0.717) is 0 Å². The highest BCUT2D eigenvalue weighted by molar-refractivity contribution is 5.14. The third kappa shape index (κ3) is 3.62. The molecule has 1 fully saturated rings. The molecule has 0 radical (unpaired) electrons. The van der Waals surface area contributed by atoms with Crippen molar-refractivity contribution in [3.05, 3.63) is 35.9 Å². The van der Waals surface area contributed by atoms with Crippen LogP contribution in [-0.2, 0) is 6.42 Å². The van der Waals surface area contributed by atoms with Crippen LogP contribution in [0.4, 0.5) is 0 Å². The number of hydrogen-bond donors (Lipinski definition) is 0. The van der Waals surface area contributed by atoms with Crippen molar-refractivity contribution < 1.29 is 9.96 Å². The van der Waals surface area contributed by atoms with E-state index >= 15 is 0 Å². The largest absolute Gasteiger partial charge is 0.870 e. The summed E-state index contributed by atoms with van der Waals surface area (Å²) in [5.74, 6) is 0. The van der Waals surface area contributed by atoms with E-state index in [-0.39, 0.29) is 5.48 Å². The number of likely N-dealkylation sites (tertiary alicyclic amines) is 1. The fourth-order valence-corrected chi connectivity index (χ4v) is 2.54. The van der Waals surface area contributed by atoms with Crippen molar-refractivity contribution in [2.24, 2.45) is 0 Å². The van der Waals surface area contributed by atoms with Gasteiger partial charge in [-0.15, -0.1) is 0 Å². The molecule has 2 heteroatoms. The van der Waals surface area contributed by atoms with Gasteiger partial charge < -0.3 is 9.96 Å². The molecular weight excluding hydrogens is 198 g/mol. The number of likely N-dealkylation sites (N-methyl/N-ethyl adjacent to an activating group) is 1. The van der Waals surface area contributed by atoms with Crippen molar-refractivity contribution in [3.63, 3.8) is 0 Å². The zero-order chi connectivity index (χ0) is 10.6. The summed E-state index contributed by atoms with van der Waals surface area (Å²) >= 11 is 0. The summed E-state index contributed by atoms with van der Waals surface area (Å²) in [6.45, 7) is 4.07. The van der Waals surface area contributed by atoms with Crippen LogP contribution >= 0.6 is 0 Å². The number of nitrogens with zero attached hydrogens (tertiary/aromatic N) is 1. The Kier molecular flexibility index (Phi) is 4.97. The Labute approximate surface area is 98.8 Å². The second-order valence-corrected chi connectivity index (χ2v) is 5.09. The second kappa shape index (κ2) is 6.02. The molecule has 0 unspecified atom stereocenters. The van der Waals surface area contributed by atoms with Gasteiger partial charge in [-0.25, -0.2) is 0 Å². The van der Waals surface area contributed by atoms with Gasteiger partial charge in [0.05, 0.1) is 26.7 Å². The molecule has 0 saturated carbocycles. The van der Waals surface area contributed by atoms with Crippen LogP contribution in [0.5, 0.6) is 0 Å². The lowest BCUT2D eigenvalue weighted by atomic mass is 10.1. The van der Waals surface area contributed by atoms with E-state index < -0.39 is 0 Å². The molecule has 1 aromatic carbocycles. The maximum absolute atomic E-state index is 2.42. The van der Waals surface area contributed by atoms with Crippen molar-refractivity contribution in [1.29, 1.82) is 0 Å². The Balaban J connectivity index is 0.00000128. The molecule has 16 heavy (non-hydrogen) atoms. The molecule has 0 atom stereocenters. The van der Waals surface area contributed by atoms with E-state index in [2.05, 4.69) is 37.4 Å². The fourth-order valence-electron chi connectivity index (χ4n) is 2.54. The molecule has 0 spiro atoms. The highest BCUT2D eigenvalue weighted by atomic mass is 16.0. The lowest BCUT2D eigenvalue weighted by Gasteiger charge is -2.37. The maximum atomic E-state index is 2.42. The Morgan fingerprint density at radius 3 is 2.25 bits per heavy atom. The molecule has 0 aromatic heterocycles. The fraction of sp³-hybridized carbons (Fsp3) is 0.571. The van der Waals surface area contributed by atoms with Crippen molar-refractivity contribution >= 4 is 0 Å². The van der Waals surface area contributed by atoms with Gasteiger partial charge in [0.25, 0.3) is 0 Å². The predicted octanol–water partition coefficient (Wildman–Crippen LogP) is 2.68. The molecular formula is C14H23NO. The molecule has 0 bridgehead atoms. The summed E-state index contributed by atoms with van der Waals surface area (Å²) in [6, 6.07) is 10.9. The Bertz CT molecular complexity index is 291. The van der Waals surface area contributed by atoms with Gasteiger partial charge in [0.1, 0.15) is 0 Å². The normalized spacial score (nSPS) is 18.8. The number of quaternary nitrogens is 1. The molecule has 0 amide bonds. The highest BCUT2D eigenvalue weighted by Gasteiger charge is 2.23. The van der Waals surface area contributed by atoms with E-state index in [1.807, 2.05) is 0 Å². The average molecular weight is 221 g/mol. The quantitative estimate of drug-likeness (QED) is 0.722. The topological polar surface area (TPSA) is 30.0 Å². The van der Waals surface area contributed by atoms with E-state index in [1.165, 1.54) is 55.4 Å². The molecule has 1 aliphatic rings. The van der Waals surface area contributed by atoms with Crippen LogP contribution in [0.25, 0.3) is 0 Å². The number of benzene rings is 1. The van der Waals surface area contributed by atoms with Crippen LogP contribution in [0.3, 0.4) is 0 Å². The molecule has 90 valence electrons. The lowest BCUT2D eigenvalue weighted by Crippen LogP contribution is -2.49. The van der Waals surface area contributed by atoms with E-state index in [4.69, 9.17) is 0 Å². The Hall–Kier alpha value is -0.860. The van der Waals surface area contributed by atoms with Crippen LogP contribution in [0.1, 0.15) is 24.8 Å². The van der Waals surface area contributed by atoms with E-state index in [0.717, 1.165) is 0 Å². The first-order valence-corrected chi connectivity index (χ1v) is 6.16. The Morgan fingerprint density at radius 1 is 1.00 bits per heavy atom. The SMILES string of the molecule is C[N+]1(CCc2ccccc2)CCCCC1.[OH-]. The Morgan fingerprint density at radius 2 is 1.62 bits per heavy atom. The van der Waals surface area contributed by atoms with Crippen molar-refractivity contribution in [1.82, 2.24) is 0 Å². The minimum Gasteiger partial charge on any atom is -0.870 e. The van der Waals surface area contributed by atoms with Crippen LogP contribution < -0.4 is 0 Å². The monoisotopic (exact) mass is 221 g/mol. The third-order valence-electron chi connectivity index (χ3n) is 3.68. The summed E-state index contributed by atoms with van der Waals surface area (Å²) in [5.41, 5.74) is 1.49. The smallest absolute Gasteiger partial charge is 0.0825 e. The second-order valence-electron chi connectivity index (χ2n) is 5.09. The zero-order valence-corrected chi connectivity index (χ0v) is 10.2. The number of piperidine rings is 1. The molecule has 2 rings (SSSR count). The van der Waals surface area contributed by atoms with Crippen LogP contribution in [0, 0.1) is 0 Å². The van der Waals surface area contributed by atoms with Gasteiger partial charge in [0, 0.05) is 6.42 Å². The highest BCUT2D eigenvalue weighted by Crippen LogP contribution is 2.17. The lowest BCUT2D eigenvalue weighted by molar-refractivity contribution is -0.913. The molecule has 1 heterocycles. The van der Waals surface area contributed by atoms with Gasteiger partial charge in [-0.1, -0.05) is 30.3 Å². The predicted molar refractivity (Wildman–Crippen MR) is 66.7 cm³/mol. The van der Waals surface area contributed by atoms with Crippen molar-refractivity contribution in [2.75, 3.05) is 26.7 Å². The first kappa shape index (κ1) is 13.2. The van der Waals surface area contributed by atoms with Crippen molar-refractivity contribution in [2.45, 2.75) is 25.7 Å². The first-order valence-electron chi connectivity index (χ1n) is 6.16. The molecule has 1 aliphatic heterocycles. The molecule has 1 saturated heterocycles. The van der Waals surface area contributed by atoms with Gasteiger partial charge in [-0.05, 0) is 24.8 Å². The summed E-state index contributed by atoms with van der Waals surface area (Å²) in [5, 5.41) is 0. The van der Waals surface area contributed by atoms with Crippen LogP contribution in [0.15, 0.2) is 30.3 Å². The van der Waals surface area contributed by atoms with Gasteiger partial charge >= 0.3 is 0 Å². The summed E-state index contributed by atoms with van der Waals surface area (Å²) in [4.78, 5) is 0. The van der Waals surface area contributed by atoms with Crippen molar-refractivity contribution in [3.8, 4) is 0 Å². The van der Waals surface area contributed by atoms with Gasteiger partial charge in [-0.3, -0.25) is 0 Å². The van der Waals surface area contributed by atoms with E-state index in [1.54, 1.807) is 0 Å². The molecule has 1 aromatic rings. The van der Waals surface area contributed by atoms with Gasteiger partial charge in [-0.2, -0.15) is 0 Å². The molecule has 0 aliphatic carbocycles. The average Bonchev–Trinajstić information content (AvgIpc) is 2.29. The first-order chi connectivity index (χ1) is 7.29. The summed E-state index contributed by atoms with van der Waals surface area (Å²) in [7, 11) is 2.42. The molecule has 2 nitrogen and oxygen atoms in total. The third-order valence-corrected chi connectivity index (χ3v) is 3.68. The summed E-state index contributed by atoms with van der Waals surface area (Å²) < 4.78 is 1.29. The zero-order valence-electron chi connectivity index (χ0n) is 10.2. The minimum absolute atomic E-state index is 0. The standard InChI is InChI=1S/C14H22N.H2O/c1-15(11-6-3-7-12-15)13-10-14-8-4-2-5-9-14;/h2,4-5,8-9H,3,6-7,10-13H2,1H3;1H2/q+1;/p-1.